The average Bonchev–Trinajstić information content (AvgIpc) is 2.73. The Morgan fingerprint density at radius 2 is 1.40 bits per heavy atom. The Labute approximate surface area is 158 Å². The standard InChI is InChI=1S/C9H12.C8H14.C6H10.C2H6/c1-2-6-9-7-4-3-5-8-9;1-2-8-6-4-3-5-7-8;1-2-4-6-5-3-1;1-2/h3-5,7-8H,2,6H2,1H3;4,6,8H,2-3,5,7H2,1H3;1-2H,3-6H2;1-2H3. The highest BCUT2D eigenvalue weighted by molar-refractivity contribution is 5.14. The molecule has 2 aliphatic carbocycles. The molecular formula is C25H42. The molecule has 0 N–H and O–H groups in total. The Hall–Kier alpha value is -1.30. The fourth-order valence-electron chi connectivity index (χ4n) is 2.92. The van der Waals surface area contributed by atoms with Gasteiger partial charge in [0.15, 0.2) is 0 Å². The van der Waals surface area contributed by atoms with Crippen LogP contribution in [0.5, 0.6) is 0 Å². The van der Waals surface area contributed by atoms with Crippen molar-refractivity contribution in [2.24, 2.45) is 5.92 Å². The maximum absolute atomic E-state index is 2.36. The highest BCUT2D eigenvalue weighted by Crippen LogP contribution is 2.18. The Morgan fingerprint density at radius 1 is 0.800 bits per heavy atom. The van der Waals surface area contributed by atoms with Crippen LogP contribution in [0.2, 0.25) is 0 Å². The Morgan fingerprint density at radius 3 is 1.76 bits per heavy atom. The van der Waals surface area contributed by atoms with E-state index in [0.29, 0.717) is 0 Å². The van der Waals surface area contributed by atoms with Crippen molar-refractivity contribution in [1.82, 2.24) is 0 Å². The molecule has 1 aromatic rings. The van der Waals surface area contributed by atoms with E-state index in [2.05, 4.69) is 68.5 Å². The lowest BCUT2D eigenvalue weighted by atomic mass is 9.94. The normalized spacial score (nSPS) is 17.8. The van der Waals surface area contributed by atoms with Crippen molar-refractivity contribution in [3.8, 4) is 0 Å². The molecule has 0 amide bonds. The van der Waals surface area contributed by atoms with Gasteiger partial charge < -0.3 is 0 Å². The van der Waals surface area contributed by atoms with E-state index in [1.165, 1.54) is 69.8 Å². The molecule has 0 spiro atoms. The van der Waals surface area contributed by atoms with E-state index >= 15 is 0 Å². The third-order valence-corrected chi connectivity index (χ3v) is 4.42. The number of hydrogen-bond donors (Lipinski definition) is 0. The molecule has 0 heteroatoms. The number of hydrogen-bond acceptors (Lipinski definition) is 0. The molecule has 1 atom stereocenters. The van der Waals surface area contributed by atoms with E-state index in [1.807, 2.05) is 13.8 Å². The minimum Gasteiger partial charge on any atom is -0.0885 e. The molecule has 25 heavy (non-hydrogen) atoms. The predicted octanol–water partition coefficient (Wildman–Crippen LogP) is 8.53. The number of benzene rings is 1. The van der Waals surface area contributed by atoms with Gasteiger partial charge in [-0.25, -0.2) is 0 Å². The molecule has 0 bridgehead atoms. The minimum atomic E-state index is 0.906. The SMILES string of the molecule is C1=CCCCC1.CC.CCC1C=CCCC1.CCCc1ccccc1. The molecule has 0 saturated heterocycles. The molecule has 1 unspecified atom stereocenters. The third kappa shape index (κ3) is 14.7. The summed E-state index contributed by atoms with van der Waals surface area (Å²) in [6.07, 6.45) is 22.6. The third-order valence-electron chi connectivity index (χ3n) is 4.42. The van der Waals surface area contributed by atoms with Crippen molar-refractivity contribution in [3.63, 3.8) is 0 Å². The van der Waals surface area contributed by atoms with Gasteiger partial charge >= 0.3 is 0 Å². The molecule has 0 aliphatic heterocycles. The van der Waals surface area contributed by atoms with E-state index in [9.17, 15) is 0 Å². The molecule has 0 fully saturated rings. The van der Waals surface area contributed by atoms with Crippen molar-refractivity contribution < 1.29 is 0 Å². The van der Waals surface area contributed by atoms with E-state index in [0.717, 1.165) is 5.92 Å². The average molecular weight is 343 g/mol. The van der Waals surface area contributed by atoms with Crippen molar-refractivity contribution in [3.05, 3.63) is 60.2 Å². The van der Waals surface area contributed by atoms with Crippen LogP contribution in [-0.4, -0.2) is 0 Å². The van der Waals surface area contributed by atoms with Crippen LogP contribution in [0.15, 0.2) is 54.6 Å². The number of allylic oxidation sites excluding steroid dienone is 4. The first-order chi connectivity index (χ1) is 12.4. The van der Waals surface area contributed by atoms with Crippen LogP contribution in [0, 0.1) is 5.92 Å². The van der Waals surface area contributed by atoms with Gasteiger partial charge in [0.25, 0.3) is 0 Å². The first kappa shape index (κ1) is 23.7. The zero-order valence-electron chi connectivity index (χ0n) is 17.3. The Bertz CT molecular complexity index is 405. The molecule has 0 heterocycles. The van der Waals surface area contributed by atoms with Crippen LogP contribution >= 0.6 is 0 Å². The quantitative estimate of drug-likeness (QED) is 0.483. The molecule has 0 saturated carbocycles. The summed E-state index contributed by atoms with van der Waals surface area (Å²) in [6, 6.07) is 10.6. The summed E-state index contributed by atoms with van der Waals surface area (Å²) in [5.41, 5.74) is 1.44. The fourth-order valence-corrected chi connectivity index (χ4v) is 2.92. The summed E-state index contributed by atoms with van der Waals surface area (Å²) in [5.74, 6) is 0.906. The summed E-state index contributed by atoms with van der Waals surface area (Å²) >= 11 is 0. The predicted molar refractivity (Wildman–Crippen MR) is 116 cm³/mol. The highest BCUT2D eigenvalue weighted by Gasteiger charge is 2.03. The molecule has 2 aliphatic rings. The minimum absolute atomic E-state index is 0.906. The smallest absolute Gasteiger partial charge is 0.0236 e. The Kier molecular flexibility index (Phi) is 18.0. The van der Waals surface area contributed by atoms with Crippen molar-refractivity contribution >= 4 is 0 Å². The molecule has 0 aromatic heterocycles. The largest absolute Gasteiger partial charge is 0.0885 e. The van der Waals surface area contributed by atoms with Crippen LogP contribution in [-0.2, 0) is 6.42 Å². The molecular weight excluding hydrogens is 300 g/mol. The highest BCUT2D eigenvalue weighted by atomic mass is 14.1. The number of rotatable bonds is 3. The van der Waals surface area contributed by atoms with Gasteiger partial charge in [0.1, 0.15) is 0 Å². The zero-order valence-corrected chi connectivity index (χ0v) is 17.3. The van der Waals surface area contributed by atoms with Gasteiger partial charge in [0.05, 0.1) is 0 Å². The molecule has 0 nitrogen and oxygen atoms in total. The Balaban J connectivity index is 0.000000334. The van der Waals surface area contributed by atoms with E-state index in [4.69, 9.17) is 0 Å². The summed E-state index contributed by atoms with van der Waals surface area (Å²) in [6.45, 7) is 8.47. The molecule has 0 radical (unpaired) electrons. The van der Waals surface area contributed by atoms with Crippen molar-refractivity contribution in [2.75, 3.05) is 0 Å². The summed E-state index contributed by atoms with van der Waals surface area (Å²) in [4.78, 5) is 0. The van der Waals surface area contributed by atoms with E-state index < -0.39 is 0 Å². The van der Waals surface area contributed by atoms with Gasteiger partial charge in [-0.05, 0) is 69.3 Å². The van der Waals surface area contributed by atoms with Crippen LogP contribution in [0.4, 0.5) is 0 Å². The van der Waals surface area contributed by atoms with Gasteiger partial charge in [-0.1, -0.05) is 88.8 Å². The van der Waals surface area contributed by atoms with Crippen LogP contribution in [0.1, 0.15) is 91.0 Å². The second-order valence-electron chi connectivity index (χ2n) is 6.52. The van der Waals surface area contributed by atoms with Crippen LogP contribution in [0.25, 0.3) is 0 Å². The summed E-state index contributed by atoms with van der Waals surface area (Å²) in [5, 5.41) is 0. The lowest BCUT2D eigenvalue weighted by Gasteiger charge is -2.12. The monoisotopic (exact) mass is 342 g/mol. The van der Waals surface area contributed by atoms with Gasteiger partial charge in [-0.15, -0.1) is 0 Å². The topological polar surface area (TPSA) is 0 Å². The number of aryl methyl sites for hydroxylation is 1. The molecule has 142 valence electrons. The van der Waals surface area contributed by atoms with E-state index in [-0.39, 0.29) is 0 Å². The van der Waals surface area contributed by atoms with Gasteiger partial charge in [-0.3, -0.25) is 0 Å². The van der Waals surface area contributed by atoms with Gasteiger partial charge in [0, 0.05) is 0 Å². The molecule has 1 aromatic carbocycles. The second-order valence-corrected chi connectivity index (χ2v) is 6.52. The fraction of sp³-hybridized carbons (Fsp3) is 0.600. The zero-order chi connectivity index (χ0) is 18.6. The van der Waals surface area contributed by atoms with Crippen molar-refractivity contribution in [2.45, 2.75) is 91.9 Å². The maximum atomic E-state index is 2.36. The lowest BCUT2D eigenvalue weighted by molar-refractivity contribution is 0.527. The van der Waals surface area contributed by atoms with Gasteiger partial charge in [0.2, 0.25) is 0 Å². The van der Waals surface area contributed by atoms with Crippen molar-refractivity contribution in [1.29, 1.82) is 0 Å². The molecule has 3 rings (SSSR count). The maximum Gasteiger partial charge on any atom is -0.0236 e. The van der Waals surface area contributed by atoms with Crippen LogP contribution in [0.3, 0.4) is 0 Å². The summed E-state index contributed by atoms with van der Waals surface area (Å²) in [7, 11) is 0. The first-order valence-electron chi connectivity index (χ1n) is 10.7. The first-order valence-corrected chi connectivity index (χ1v) is 10.7. The summed E-state index contributed by atoms with van der Waals surface area (Å²) < 4.78 is 0. The lowest BCUT2D eigenvalue weighted by Crippen LogP contribution is -1.97. The van der Waals surface area contributed by atoms with Crippen LogP contribution < -0.4 is 0 Å². The van der Waals surface area contributed by atoms with Gasteiger partial charge in [-0.2, -0.15) is 0 Å². The van der Waals surface area contributed by atoms with E-state index in [1.54, 1.807) is 0 Å². The second kappa shape index (κ2) is 19.0.